The lowest BCUT2D eigenvalue weighted by Gasteiger charge is -2.09. The lowest BCUT2D eigenvalue weighted by atomic mass is 10.2. The Hall–Kier alpha value is -2.53. The highest BCUT2D eigenvalue weighted by Crippen LogP contribution is 2.17. The zero-order valence-electron chi connectivity index (χ0n) is 11.7. The summed E-state index contributed by atoms with van der Waals surface area (Å²) in [5.74, 6) is 0.996. The van der Waals surface area contributed by atoms with Gasteiger partial charge in [-0.2, -0.15) is 0 Å². The zero-order valence-corrected chi connectivity index (χ0v) is 11.7. The minimum absolute atomic E-state index is 0.0173. The van der Waals surface area contributed by atoms with Crippen molar-refractivity contribution < 1.29 is 19.4 Å². The first kappa shape index (κ1) is 14.9. The van der Waals surface area contributed by atoms with Crippen LogP contribution in [0.4, 0.5) is 5.69 Å². The minimum atomic E-state index is -0.255. The van der Waals surface area contributed by atoms with Crippen LogP contribution in [-0.2, 0) is 11.4 Å². The predicted molar refractivity (Wildman–Crippen MR) is 79.5 cm³/mol. The topological polar surface area (TPSA) is 67.8 Å². The summed E-state index contributed by atoms with van der Waals surface area (Å²) >= 11 is 0. The molecule has 1 amide bonds. The van der Waals surface area contributed by atoms with E-state index in [4.69, 9.17) is 14.6 Å². The Kier molecular flexibility index (Phi) is 5.17. The zero-order chi connectivity index (χ0) is 15.1. The van der Waals surface area contributed by atoms with Crippen molar-refractivity contribution in [3.63, 3.8) is 0 Å². The highest BCUT2D eigenvalue weighted by molar-refractivity contribution is 5.92. The van der Waals surface area contributed by atoms with E-state index in [1.165, 1.54) is 0 Å². The molecular formula is C16H17NO4. The summed E-state index contributed by atoms with van der Waals surface area (Å²) in [6.45, 7) is -0.105. The van der Waals surface area contributed by atoms with Crippen LogP contribution in [0.2, 0.25) is 0 Å². The number of hydrogen-bond donors (Lipinski definition) is 2. The van der Waals surface area contributed by atoms with Crippen molar-refractivity contribution in [3.05, 3.63) is 54.1 Å². The first-order valence-corrected chi connectivity index (χ1v) is 6.48. The van der Waals surface area contributed by atoms with Gasteiger partial charge in [0.05, 0.1) is 13.7 Å². The molecule has 5 nitrogen and oxygen atoms in total. The molecule has 0 aliphatic carbocycles. The summed E-state index contributed by atoms with van der Waals surface area (Å²) in [7, 11) is 1.57. The second kappa shape index (κ2) is 7.31. The van der Waals surface area contributed by atoms with Gasteiger partial charge in [0.15, 0.2) is 6.61 Å². The Bertz CT molecular complexity index is 595. The molecule has 0 saturated carbocycles. The number of aliphatic hydroxyl groups excluding tert-OH is 1. The van der Waals surface area contributed by atoms with Gasteiger partial charge in [0.1, 0.15) is 11.5 Å². The van der Waals surface area contributed by atoms with Gasteiger partial charge in [-0.3, -0.25) is 4.79 Å². The van der Waals surface area contributed by atoms with Crippen molar-refractivity contribution >= 4 is 11.6 Å². The third kappa shape index (κ3) is 4.50. The molecule has 21 heavy (non-hydrogen) atoms. The van der Waals surface area contributed by atoms with Crippen molar-refractivity contribution in [2.75, 3.05) is 19.0 Å². The van der Waals surface area contributed by atoms with Crippen LogP contribution >= 0.6 is 0 Å². The number of methoxy groups -OCH3 is 1. The Morgan fingerprint density at radius 2 is 1.90 bits per heavy atom. The number of aliphatic hydroxyl groups is 1. The van der Waals surface area contributed by atoms with Crippen LogP contribution in [-0.4, -0.2) is 24.7 Å². The lowest BCUT2D eigenvalue weighted by Crippen LogP contribution is -2.20. The molecule has 110 valence electrons. The second-order valence-corrected chi connectivity index (χ2v) is 4.37. The van der Waals surface area contributed by atoms with Crippen LogP contribution in [0.3, 0.4) is 0 Å². The number of benzene rings is 2. The molecule has 0 bridgehead atoms. The summed E-state index contributed by atoms with van der Waals surface area (Å²) in [5, 5.41) is 11.7. The first-order chi connectivity index (χ1) is 10.2. The molecule has 0 spiro atoms. The third-order valence-corrected chi connectivity index (χ3v) is 2.83. The maximum absolute atomic E-state index is 11.8. The minimum Gasteiger partial charge on any atom is -0.497 e. The molecule has 0 saturated heterocycles. The third-order valence-electron chi connectivity index (χ3n) is 2.83. The fourth-order valence-electron chi connectivity index (χ4n) is 1.74. The molecule has 0 unspecified atom stereocenters. The number of nitrogens with one attached hydrogen (secondary N) is 1. The Labute approximate surface area is 123 Å². The predicted octanol–water partition coefficient (Wildman–Crippen LogP) is 2.21. The number of rotatable bonds is 6. The molecule has 0 radical (unpaired) electrons. The van der Waals surface area contributed by atoms with E-state index in [0.29, 0.717) is 17.2 Å². The fourth-order valence-corrected chi connectivity index (χ4v) is 1.74. The van der Waals surface area contributed by atoms with Crippen LogP contribution in [0.1, 0.15) is 5.56 Å². The maximum atomic E-state index is 11.8. The van der Waals surface area contributed by atoms with Gasteiger partial charge in [-0.1, -0.05) is 18.2 Å². The van der Waals surface area contributed by atoms with Crippen LogP contribution < -0.4 is 14.8 Å². The van der Waals surface area contributed by atoms with E-state index >= 15 is 0 Å². The van der Waals surface area contributed by atoms with Crippen molar-refractivity contribution in [2.24, 2.45) is 0 Å². The molecule has 0 atom stereocenters. The molecule has 0 heterocycles. The molecule has 2 aromatic carbocycles. The van der Waals surface area contributed by atoms with Gasteiger partial charge in [-0.15, -0.1) is 0 Å². The summed E-state index contributed by atoms with van der Waals surface area (Å²) in [6, 6.07) is 14.0. The largest absolute Gasteiger partial charge is 0.497 e. The molecule has 2 aromatic rings. The molecule has 0 aromatic heterocycles. The summed E-state index contributed by atoms with van der Waals surface area (Å²) < 4.78 is 10.5. The van der Waals surface area contributed by atoms with Crippen molar-refractivity contribution in [3.8, 4) is 11.5 Å². The molecule has 0 aliphatic rings. The van der Waals surface area contributed by atoms with E-state index < -0.39 is 0 Å². The summed E-state index contributed by atoms with van der Waals surface area (Å²) in [6.07, 6.45) is 0. The average molecular weight is 287 g/mol. The van der Waals surface area contributed by atoms with Gasteiger partial charge in [0.25, 0.3) is 5.91 Å². The van der Waals surface area contributed by atoms with E-state index in [2.05, 4.69) is 5.32 Å². The highest BCUT2D eigenvalue weighted by atomic mass is 16.5. The van der Waals surface area contributed by atoms with Gasteiger partial charge >= 0.3 is 0 Å². The van der Waals surface area contributed by atoms with Gasteiger partial charge in [-0.25, -0.2) is 0 Å². The SMILES string of the molecule is COc1cccc(NC(=O)COc2ccc(CO)cc2)c1. The van der Waals surface area contributed by atoms with E-state index in [1.54, 1.807) is 55.6 Å². The highest BCUT2D eigenvalue weighted by Gasteiger charge is 2.04. The van der Waals surface area contributed by atoms with Gasteiger partial charge in [0.2, 0.25) is 0 Å². The quantitative estimate of drug-likeness (QED) is 0.854. The standard InChI is InChI=1S/C16H17NO4/c1-20-15-4-2-3-13(9-15)17-16(19)11-21-14-7-5-12(10-18)6-8-14/h2-9,18H,10-11H2,1H3,(H,17,19). The van der Waals surface area contributed by atoms with E-state index in [0.717, 1.165) is 5.56 Å². The number of hydrogen-bond acceptors (Lipinski definition) is 4. The molecule has 0 aliphatic heterocycles. The molecule has 2 N–H and O–H groups in total. The van der Waals surface area contributed by atoms with Crippen molar-refractivity contribution in [2.45, 2.75) is 6.61 Å². The number of carbonyl (C=O) groups is 1. The Morgan fingerprint density at radius 1 is 1.14 bits per heavy atom. The van der Waals surface area contributed by atoms with Crippen molar-refractivity contribution in [1.82, 2.24) is 0 Å². The number of amides is 1. The van der Waals surface area contributed by atoms with E-state index in [1.807, 2.05) is 0 Å². The van der Waals surface area contributed by atoms with Crippen molar-refractivity contribution in [1.29, 1.82) is 0 Å². The monoisotopic (exact) mass is 287 g/mol. The Balaban J connectivity index is 1.86. The lowest BCUT2D eigenvalue weighted by molar-refractivity contribution is -0.118. The van der Waals surface area contributed by atoms with Gasteiger partial charge in [0, 0.05) is 11.8 Å². The maximum Gasteiger partial charge on any atom is 0.262 e. The fraction of sp³-hybridized carbons (Fsp3) is 0.188. The smallest absolute Gasteiger partial charge is 0.262 e. The first-order valence-electron chi connectivity index (χ1n) is 6.48. The number of ether oxygens (including phenoxy) is 2. The average Bonchev–Trinajstić information content (AvgIpc) is 2.53. The van der Waals surface area contributed by atoms with Gasteiger partial charge in [-0.05, 0) is 29.8 Å². The van der Waals surface area contributed by atoms with Crippen LogP contribution in [0.25, 0.3) is 0 Å². The normalized spacial score (nSPS) is 10.0. The van der Waals surface area contributed by atoms with Crippen LogP contribution in [0.5, 0.6) is 11.5 Å². The van der Waals surface area contributed by atoms with Gasteiger partial charge < -0.3 is 19.9 Å². The molecule has 2 rings (SSSR count). The van der Waals surface area contributed by atoms with Crippen LogP contribution in [0, 0.1) is 0 Å². The summed E-state index contributed by atoms with van der Waals surface area (Å²) in [5.41, 5.74) is 1.45. The molecular weight excluding hydrogens is 270 g/mol. The van der Waals surface area contributed by atoms with E-state index in [9.17, 15) is 4.79 Å². The molecule has 5 heteroatoms. The number of carbonyl (C=O) groups excluding carboxylic acids is 1. The Morgan fingerprint density at radius 3 is 2.57 bits per heavy atom. The second-order valence-electron chi connectivity index (χ2n) is 4.37. The summed E-state index contributed by atoms with van der Waals surface area (Å²) in [4.78, 5) is 11.8. The molecule has 0 fully saturated rings. The van der Waals surface area contributed by atoms with E-state index in [-0.39, 0.29) is 19.1 Å². The van der Waals surface area contributed by atoms with Crippen LogP contribution in [0.15, 0.2) is 48.5 Å². The number of anilines is 1.